The molecule has 3 aromatic rings. The normalized spacial score (nSPS) is 19.6. The summed E-state index contributed by atoms with van der Waals surface area (Å²) in [6.45, 7) is 2.61. The second-order valence-corrected chi connectivity index (χ2v) is 6.90. The molecule has 4 nitrogen and oxygen atoms in total. The Morgan fingerprint density at radius 1 is 1.04 bits per heavy atom. The summed E-state index contributed by atoms with van der Waals surface area (Å²) in [7, 11) is 0. The summed E-state index contributed by atoms with van der Waals surface area (Å²) >= 11 is 0. The van der Waals surface area contributed by atoms with Crippen LogP contribution in [0.15, 0.2) is 66.7 Å². The first-order chi connectivity index (χ1) is 12.7. The van der Waals surface area contributed by atoms with Crippen LogP contribution in [0.5, 0.6) is 0 Å². The Balaban J connectivity index is 1.42. The molecule has 2 unspecified atom stereocenters. The lowest BCUT2D eigenvalue weighted by molar-refractivity contribution is -0.123. The predicted octanol–water partition coefficient (Wildman–Crippen LogP) is 3.37. The maximum absolute atomic E-state index is 12.5. The Kier molecular flexibility index (Phi) is 4.69. The summed E-state index contributed by atoms with van der Waals surface area (Å²) < 4.78 is 0. The van der Waals surface area contributed by atoms with Crippen LogP contribution in [0, 0.1) is 6.92 Å². The monoisotopic (exact) mass is 345 g/mol. The molecule has 1 heterocycles. The van der Waals surface area contributed by atoms with E-state index in [0.717, 1.165) is 12.0 Å². The van der Waals surface area contributed by atoms with Crippen molar-refractivity contribution in [2.24, 2.45) is 0 Å². The van der Waals surface area contributed by atoms with Crippen molar-refractivity contribution in [3.63, 3.8) is 0 Å². The van der Waals surface area contributed by atoms with Gasteiger partial charge < -0.3 is 5.32 Å². The molecule has 1 fully saturated rings. The number of nitrogens with one attached hydrogen (secondary N) is 3. The topological polar surface area (TPSA) is 53.2 Å². The number of benzene rings is 3. The summed E-state index contributed by atoms with van der Waals surface area (Å²) in [5.74, 6) is 0.0294. The number of hydrogen-bond acceptors (Lipinski definition) is 3. The Bertz CT molecular complexity index is 932. The summed E-state index contributed by atoms with van der Waals surface area (Å²) in [6, 6.07) is 22.8. The molecular weight excluding hydrogens is 322 g/mol. The minimum atomic E-state index is -0.233. The fraction of sp³-hybridized carbons (Fsp3) is 0.227. The van der Waals surface area contributed by atoms with Crippen molar-refractivity contribution in [1.29, 1.82) is 0 Å². The van der Waals surface area contributed by atoms with Crippen LogP contribution in [-0.2, 0) is 11.3 Å². The van der Waals surface area contributed by atoms with Gasteiger partial charge in [-0.1, -0.05) is 72.3 Å². The van der Waals surface area contributed by atoms with Crippen molar-refractivity contribution in [3.05, 3.63) is 83.4 Å². The van der Waals surface area contributed by atoms with Crippen LogP contribution in [0.4, 0.5) is 0 Å². The first kappa shape index (κ1) is 16.8. The number of carbonyl (C=O) groups excluding carboxylic acids is 1. The third-order valence-corrected chi connectivity index (χ3v) is 4.97. The molecule has 0 saturated carbocycles. The molecule has 0 aliphatic carbocycles. The number of hydrogen-bond donors (Lipinski definition) is 3. The summed E-state index contributed by atoms with van der Waals surface area (Å²) in [5.41, 5.74) is 10.00. The molecule has 3 aromatic carbocycles. The Labute approximate surface area is 153 Å². The zero-order chi connectivity index (χ0) is 17.9. The fourth-order valence-electron chi connectivity index (χ4n) is 3.62. The number of hydrazine groups is 1. The average molecular weight is 345 g/mol. The van der Waals surface area contributed by atoms with Gasteiger partial charge in [-0.3, -0.25) is 4.79 Å². The maximum Gasteiger partial charge on any atom is 0.238 e. The van der Waals surface area contributed by atoms with Gasteiger partial charge in [0.15, 0.2) is 0 Å². The molecule has 0 spiro atoms. The van der Waals surface area contributed by atoms with E-state index in [1.165, 1.54) is 21.9 Å². The van der Waals surface area contributed by atoms with E-state index in [4.69, 9.17) is 0 Å². The van der Waals surface area contributed by atoms with Crippen LogP contribution >= 0.6 is 0 Å². The SMILES string of the molecule is Cc1cccc(CNC(=O)C2CC(c3cccc4ccccc34)NN2)c1. The lowest BCUT2D eigenvalue weighted by Gasteiger charge is -2.13. The highest BCUT2D eigenvalue weighted by Crippen LogP contribution is 2.29. The number of rotatable bonds is 4. The molecule has 132 valence electrons. The minimum Gasteiger partial charge on any atom is -0.351 e. The molecule has 0 radical (unpaired) electrons. The third kappa shape index (κ3) is 3.47. The first-order valence-electron chi connectivity index (χ1n) is 9.03. The zero-order valence-corrected chi connectivity index (χ0v) is 14.8. The van der Waals surface area contributed by atoms with E-state index >= 15 is 0 Å². The van der Waals surface area contributed by atoms with E-state index in [1.807, 2.05) is 18.2 Å². The quantitative estimate of drug-likeness (QED) is 0.679. The van der Waals surface area contributed by atoms with Gasteiger partial charge in [0.25, 0.3) is 0 Å². The number of fused-ring (bicyclic) bond motifs is 1. The standard InChI is InChI=1S/C22H23N3O/c1-15-6-4-7-16(12-15)14-23-22(26)21-13-20(24-25-21)19-11-5-9-17-8-2-3-10-18(17)19/h2-12,20-21,24-25H,13-14H2,1H3,(H,23,26). The lowest BCUT2D eigenvalue weighted by Crippen LogP contribution is -2.42. The van der Waals surface area contributed by atoms with Crippen molar-refractivity contribution in [2.45, 2.75) is 32.0 Å². The van der Waals surface area contributed by atoms with Gasteiger partial charge in [0, 0.05) is 12.6 Å². The van der Waals surface area contributed by atoms with Gasteiger partial charge in [-0.05, 0) is 35.2 Å². The summed E-state index contributed by atoms with van der Waals surface area (Å²) in [5, 5.41) is 5.49. The molecule has 3 N–H and O–H groups in total. The second-order valence-electron chi connectivity index (χ2n) is 6.90. The molecule has 4 rings (SSSR count). The van der Waals surface area contributed by atoms with Crippen LogP contribution < -0.4 is 16.2 Å². The Hall–Kier alpha value is -2.69. The molecule has 1 amide bonds. The van der Waals surface area contributed by atoms with Crippen LogP contribution in [0.3, 0.4) is 0 Å². The van der Waals surface area contributed by atoms with Crippen molar-refractivity contribution < 1.29 is 4.79 Å². The van der Waals surface area contributed by atoms with Gasteiger partial charge in [-0.2, -0.15) is 0 Å². The smallest absolute Gasteiger partial charge is 0.238 e. The molecule has 0 aromatic heterocycles. The minimum absolute atomic E-state index is 0.0294. The molecule has 26 heavy (non-hydrogen) atoms. The van der Waals surface area contributed by atoms with E-state index in [9.17, 15) is 4.79 Å². The van der Waals surface area contributed by atoms with E-state index in [0.29, 0.717) is 6.54 Å². The highest BCUT2D eigenvalue weighted by molar-refractivity contribution is 5.86. The van der Waals surface area contributed by atoms with Crippen LogP contribution in [0.25, 0.3) is 10.8 Å². The highest BCUT2D eigenvalue weighted by Gasteiger charge is 2.30. The molecule has 0 bridgehead atoms. The zero-order valence-electron chi connectivity index (χ0n) is 14.8. The maximum atomic E-state index is 12.5. The van der Waals surface area contributed by atoms with Crippen LogP contribution in [-0.4, -0.2) is 11.9 Å². The largest absolute Gasteiger partial charge is 0.351 e. The van der Waals surface area contributed by atoms with E-state index < -0.39 is 0 Å². The van der Waals surface area contributed by atoms with E-state index in [2.05, 4.69) is 71.6 Å². The summed E-state index contributed by atoms with van der Waals surface area (Å²) in [4.78, 5) is 12.5. The van der Waals surface area contributed by atoms with Gasteiger partial charge in [-0.15, -0.1) is 0 Å². The average Bonchev–Trinajstić information content (AvgIpc) is 3.16. The van der Waals surface area contributed by atoms with E-state index in [1.54, 1.807) is 0 Å². The molecule has 1 aliphatic heterocycles. The van der Waals surface area contributed by atoms with Gasteiger partial charge in [0.1, 0.15) is 6.04 Å². The molecule has 1 aliphatic rings. The molecule has 2 atom stereocenters. The Morgan fingerprint density at radius 2 is 1.85 bits per heavy atom. The molecular formula is C22H23N3O. The van der Waals surface area contributed by atoms with Crippen molar-refractivity contribution >= 4 is 16.7 Å². The highest BCUT2D eigenvalue weighted by atomic mass is 16.2. The first-order valence-corrected chi connectivity index (χ1v) is 9.03. The summed E-state index contributed by atoms with van der Waals surface area (Å²) in [6.07, 6.45) is 0.730. The van der Waals surface area contributed by atoms with Gasteiger partial charge in [-0.25, -0.2) is 10.9 Å². The third-order valence-electron chi connectivity index (χ3n) is 4.97. The molecule has 1 saturated heterocycles. The van der Waals surface area contributed by atoms with Gasteiger partial charge in [0.05, 0.1) is 0 Å². The lowest BCUT2D eigenvalue weighted by atomic mass is 9.96. The fourth-order valence-corrected chi connectivity index (χ4v) is 3.62. The van der Waals surface area contributed by atoms with Gasteiger partial charge >= 0.3 is 0 Å². The van der Waals surface area contributed by atoms with Crippen molar-refractivity contribution in [3.8, 4) is 0 Å². The van der Waals surface area contributed by atoms with Crippen LogP contribution in [0.2, 0.25) is 0 Å². The van der Waals surface area contributed by atoms with Crippen molar-refractivity contribution in [2.75, 3.05) is 0 Å². The Morgan fingerprint density at radius 3 is 2.73 bits per heavy atom. The molecule has 4 heteroatoms. The van der Waals surface area contributed by atoms with E-state index in [-0.39, 0.29) is 18.0 Å². The second kappa shape index (κ2) is 7.28. The number of amides is 1. The number of carbonyl (C=O) groups is 1. The van der Waals surface area contributed by atoms with Crippen LogP contribution in [0.1, 0.15) is 29.2 Å². The van der Waals surface area contributed by atoms with Crippen molar-refractivity contribution in [1.82, 2.24) is 16.2 Å². The van der Waals surface area contributed by atoms with Gasteiger partial charge in [0.2, 0.25) is 5.91 Å². The predicted molar refractivity (Wildman–Crippen MR) is 104 cm³/mol. The number of aryl methyl sites for hydroxylation is 1.